The summed E-state index contributed by atoms with van der Waals surface area (Å²) in [5, 5.41) is 0. The second-order valence-electron chi connectivity index (χ2n) is 2.92. The van der Waals surface area contributed by atoms with E-state index < -0.39 is 0 Å². The zero-order chi connectivity index (χ0) is 10.4. The highest BCUT2D eigenvalue weighted by atomic mass is 16.6. The van der Waals surface area contributed by atoms with E-state index in [1.54, 1.807) is 6.08 Å². The first kappa shape index (κ1) is 10.5. The lowest BCUT2D eigenvalue weighted by molar-refractivity contribution is -0.126. The molecular weight excluding hydrogens is 178 g/mol. The summed E-state index contributed by atoms with van der Waals surface area (Å²) < 4.78 is 0. The maximum atomic E-state index is 11.0. The fraction of sp³-hybridized carbons (Fsp3) is 0.182. The van der Waals surface area contributed by atoms with E-state index in [1.807, 2.05) is 31.2 Å². The number of hydrogen-bond donors (Lipinski definition) is 1. The van der Waals surface area contributed by atoms with Gasteiger partial charge in [0.15, 0.2) is 0 Å². The molecule has 0 atom stereocenters. The molecule has 3 nitrogen and oxygen atoms in total. The standard InChI is InChI=1S/C11H13NO2/c1-9-4-3-5-10(8-9)6-7-11(13)12-14-2/h3-8H,1-2H3,(H,12,13)/b7-6+. The largest absolute Gasteiger partial charge is 0.277 e. The van der Waals surface area contributed by atoms with Crippen LogP contribution >= 0.6 is 0 Å². The Hall–Kier alpha value is -1.61. The molecule has 0 spiro atoms. The molecule has 3 heteroatoms. The van der Waals surface area contributed by atoms with Crippen molar-refractivity contribution in [3.8, 4) is 0 Å². The molecule has 0 aliphatic rings. The lowest BCUT2D eigenvalue weighted by Crippen LogP contribution is -2.18. The molecule has 1 aromatic rings. The third-order valence-electron chi connectivity index (χ3n) is 1.67. The number of amides is 1. The van der Waals surface area contributed by atoms with Crippen molar-refractivity contribution in [1.82, 2.24) is 5.48 Å². The predicted octanol–water partition coefficient (Wildman–Crippen LogP) is 1.69. The lowest BCUT2D eigenvalue weighted by atomic mass is 10.1. The Morgan fingerprint density at radius 2 is 2.29 bits per heavy atom. The Balaban J connectivity index is 2.64. The molecule has 1 N–H and O–H groups in total. The summed E-state index contributed by atoms with van der Waals surface area (Å²) in [7, 11) is 1.40. The van der Waals surface area contributed by atoms with E-state index in [9.17, 15) is 4.79 Å². The van der Waals surface area contributed by atoms with Gasteiger partial charge in [0.05, 0.1) is 7.11 Å². The molecule has 0 bridgehead atoms. The number of benzene rings is 1. The van der Waals surface area contributed by atoms with Crippen molar-refractivity contribution in [2.24, 2.45) is 0 Å². The molecule has 0 aliphatic carbocycles. The molecule has 74 valence electrons. The van der Waals surface area contributed by atoms with Gasteiger partial charge in [-0.15, -0.1) is 0 Å². The van der Waals surface area contributed by atoms with E-state index in [-0.39, 0.29) is 5.91 Å². The van der Waals surface area contributed by atoms with Crippen LogP contribution < -0.4 is 5.48 Å². The van der Waals surface area contributed by atoms with Gasteiger partial charge in [0.1, 0.15) is 0 Å². The summed E-state index contributed by atoms with van der Waals surface area (Å²) in [6.45, 7) is 2.01. The Labute approximate surface area is 83.3 Å². The molecule has 0 saturated carbocycles. The number of nitrogens with one attached hydrogen (secondary N) is 1. The smallest absolute Gasteiger partial charge is 0.267 e. The average molecular weight is 191 g/mol. The van der Waals surface area contributed by atoms with Gasteiger partial charge in [0, 0.05) is 6.08 Å². The SMILES string of the molecule is CONC(=O)/C=C/c1cccc(C)c1. The average Bonchev–Trinajstić information content (AvgIpc) is 2.15. The Morgan fingerprint density at radius 1 is 1.50 bits per heavy atom. The summed E-state index contributed by atoms with van der Waals surface area (Å²) in [4.78, 5) is 15.4. The Kier molecular flexibility index (Phi) is 3.88. The van der Waals surface area contributed by atoms with Gasteiger partial charge in [-0.3, -0.25) is 9.63 Å². The molecule has 0 radical (unpaired) electrons. The second kappa shape index (κ2) is 5.19. The van der Waals surface area contributed by atoms with Gasteiger partial charge in [-0.25, -0.2) is 5.48 Å². The molecule has 1 aromatic carbocycles. The van der Waals surface area contributed by atoms with Crippen LogP contribution in [0.4, 0.5) is 0 Å². The first-order valence-electron chi connectivity index (χ1n) is 4.30. The third kappa shape index (κ3) is 3.41. The number of rotatable bonds is 3. The van der Waals surface area contributed by atoms with Gasteiger partial charge in [-0.2, -0.15) is 0 Å². The number of aryl methyl sites for hydroxylation is 1. The van der Waals surface area contributed by atoms with Crippen molar-refractivity contribution >= 4 is 12.0 Å². The molecular formula is C11H13NO2. The highest BCUT2D eigenvalue weighted by molar-refractivity contribution is 5.90. The van der Waals surface area contributed by atoms with Crippen LogP contribution in [-0.2, 0) is 9.63 Å². The van der Waals surface area contributed by atoms with Crippen LogP contribution in [0, 0.1) is 6.92 Å². The lowest BCUT2D eigenvalue weighted by Gasteiger charge is -1.96. The van der Waals surface area contributed by atoms with Crippen LogP contribution in [0.5, 0.6) is 0 Å². The van der Waals surface area contributed by atoms with Crippen LogP contribution in [0.2, 0.25) is 0 Å². The summed E-state index contributed by atoms with van der Waals surface area (Å²) in [5.74, 6) is -0.269. The number of carbonyl (C=O) groups is 1. The first-order chi connectivity index (χ1) is 6.72. The summed E-state index contributed by atoms with van der Waals surface area (Å²) in [6, 6.07) is 7.88. The van der Waals surface area contributed by atoms with Crippen LogP contribution in [0.1, 0.15) is 11.1 Å². The van der Waals surface area contributed by atoms with Gasteiger partial charge < -0.3 is 0 Å². The maximum Gasteiger partial charge on any atom is 0.267 e. The van der Waals surface area contributed by atoms with Crippen molar-refractivity contribution in [3.63, 3.8) is 0 Å². The summed E-state index contributed by atoms with van der Waals surface area (Å²) in [5.41, 5.74) is 4.37. The number of carbonyl (C=O) groups excluding carboxylic acids is 1. The molecule has 0 aliphatic heterocycles. The van der Waals surface area contributed by atoms with Crippen LogP contribution in [-0.4, -0.2) is 13.0 Å². The van der Waals surface area contributed by atoms with E-state index in [4.69, 9.17) is 0 Å². The summed E-state index contributed by atoms with van der Waals surface area (Å²) >= 11 is 0. The van der Waals surface area contributed by atoms with Crippen molar-refractivity contribution in [2.75, 3.05) is 7.11 Å². The van der Waals surface area contributed by atoms with Crippen molar-refractivity contribution in [1.29, 1.82) is 0 Å². The zero-order valence-electron chi connectivity index (χ0n) is 8.28. The van der Waals surface area contributed by atoms with Crippen LogP contribution in [0.25, 0.3) is 6.08 Å². The fourth-order valence-corrected chi connectivity index (χ4v) is 1.08. The highest BCUT2D eigenvalue weighted by Crippen LogP contribution is 2.05. The van der Waals surface area contributed by atoms with Gasteiger partial charge in [-0.05, 0) is 18.6 Å². The third-order valence-corrected chi connectivity index (χ3v) is 1.67. The minimum atomic E-state index is -0.269. The quantitative estimate of drug-likeness (QED) is 0.583. The predicted molar refractivity (Wildman–Crippen MR) is 55.4 cm³/mol. The van der Waals surface area contributed by atoms with E-state index >= 15 is 0 Å². The van der Waals surface area contributed by atoms with Gasteiger partial charge in [0.2, 0.25) is 0 Å². The van der Waals surface area contributed by atoms with E-state index in [0.717, 1.165) is 5.56 Å². The van der Waals surface area contributed by atoms with Crippen molar-refractivity contribution in [2.45, 2.75) is 6.92 Å². The second-order valence-corrected chi connectivity index (χ2v) is 2.92. The molecule has 0 aromatic heterocycles. The Morgan fingerprint density at radius 3 is 2.93 bits per heavy atom. The number of hydroxylamine groups is 1. The van der Waals surface area contributed by atoms with Crippen molar-refractivity contribution in [3.05, 3.63) is 41.5 Å². The molecule has 1 rings (SSSR count). The Bertz CT molecular complexity index is 345. The minimum absolute atomic E-state index is 0.269. The van der Waals surface area contributed by atoms with Crippen molar-refractivity contribution < 1.29 is 9.63 Å². The van der Waals surface area contributed by atoms with Gasteiger partial charge in [-0.1, -0.05) is 29.8 Å². The monoisotopic (exact) mass is 191 g/mol. The topological polar surface area (TPSA) is 38.3 Å². The molecule has 0 fully saturated rings. The van der Waals surface area contributed by atoms with Crippen LogP contribution in [0.3, 0.4) is 0 Å². The van der Waals surface area contributed by atoms with E-state index in [0.29, 0.717) is 0 Å². The normalized spacial score (nSPS) is 10.4. The van der Waals surface area contributed by atoms with Crippen LogP contribution in [0.15, 0.2) is 30.3 Å². The molecule has 0 unspecified atom stereocenters. The molecule has 0 saturated heterocycles. The molecule has 1 amide bonds. The zero-order valence-corrected chi connectivity index (χ0v) is 8.28. The van der Waals surface area contributed by atoms with E-state index in [2.05, 4.69) is 10.3 Å². The molecule has 0 heterocycles. The van der Waals surface area contributed by atoms with Gasteiger partial charge in [0.25, 0.3) is 5.91 Å². The number of hydrogen-bond acceptors (Lipinski definition) is 2. The minimum Gasteiger partial charge on any atom is -0.277 e. The van der Waals surface area contributed by atoms with E-state index in [1.165, 1.54) is 18.7 Å². The first-order valence-corrected chi connectivity index (χ1v) is 4.30. The molecule has 14 heavy (non-hydrogen) atoms. The fourth-order valence-electron chi connectivity index (χ4n) is 1.08. The highest BCUT2D eigenvalue weighted by Gasteiger charge is 1.92. The summed E-state index contributed by atoms with van der Waals surface area (Å²) in [6.07, 6.45) is 3.17. The maximum absolute atomic E-state index is 11.0. The van der Waals surface area contributed by atoms with Gasteiger partial charge >= 0.3 is 0 Å².